The highest BCUT2D eigenvalue weighted by Crippen LogP contribution is 2.30. The minimum atomic E-state index is -0.333. The molecule has 0 aliphatic heterocycles. The van der Waals surface area contributed by atoms with Gasteiger partial charge in [-0.1, -0.05) is 6.07 Å². The van der Waals surface area contributed by atoms with Crippen LogP contribution in [0.3, 0.4) is 0 Å². The highest BCUT2D eigenvalue weighted by Gasteiger charge is 2.10. The van der Waals surface area contributed by atoms with Gasteiger partial charge in [-0.15, -0.1) is 0 Å². The summed E-state index contributed by atoms with van der Waals surface area (Å²) >= 11 is 0. The van der Waals surface area contributed by atoms with Crippen molar-refractivity contribution in [3.63, 3.8) is 0 Å². The van der Waals surface area contributed by atoms with Gasteiger partial charge in [-0.2, -0.15) is 0 Å². The Morgan fingerprint density at radius 1 is 1.20 bits per heavy atom. The predicted octanol–water partition coefficient (Wildman–Crippen LogP) is 3.26. The number of hydrogen-bond acceptors (Lipinski definition) is 2. The number of benzene rings is 1. The molecular formula is C15H11FN4. The molecule has 5 heteroatoms. The van der Waals surface area contributed by atoms with Gasteiger partial charge in [-0.05, 0) is 23.8 Å². The summed E-state index contributed by atoms with van der Waals surface area (Å²) in [4.78, 5) is 11.4. The Morgan fingerprint density at radius 3 is 3.00 bits per heavy atom. The number of aromatic nitrogens is 4. The van der Waals surface area contributed by atoms with Crippen LogP contribution >= 0.6 is 0 Å². The summed E-state index contributed by atoms with van der Waals surface area (Å²) < 4.78 is 15.4. The smallest absolute Gasteiger partial charge is 0.142 e. The standard InChI is InChI=1S/C15H11FN4/c1-20-8-19-13-3-2-9(4-14(13)20)12-7-18-15-11(12)5-10(16)6-17-15/h2-8H,1H3,(H,17,18). The monoisotopic (exact) mass is 266 g/mol. The normalized spacial score (nSPS) is 11.5. The van der Waals surface area contributed by atoms with Crippen molar-refractivity contribution in [3.8, 4) is 11.1 Å². The molecule has 1 aromatic carbocycles. The third-order valence-corrected chi connectivity index (χ3v) is 3.53. The van der Waals surface area contributed by atoms with E-state index < -0.39 is 0 Å². The molecule has 0 radical (unpaired) electrons. The van der Waals surface area contributed by atoms with Crippen molar-refractivity contribution in [3.05, 3.63) is 48.8 Å². The fourth-order valence-corrected chi connectivity index (χ4v) is 2.51. The summed E-state index contributed by atoms with van der Waals surface area (Å²) in [5.41, 5.74) is 4.63. The fraction of sp³-hybridized carbons (Fsp3) is 0.0667. The zero-order valence-electron chi connectivity index (χ0n) is 10.8. The lowest BCUT2D eigenvalue weighted by Gasteiger charge is -2.01. The minimum absolute atomic E-state index is 0.333. The van der Waals surface area contributed by atoms with Crippen molar-refractivity contribution < 1.29 is 4.39 Å². The molecule has 4 aromatic rings. The number of imidazole rings is 1. The lowest BCUT2D eigenvalue weighted by molar-refractivity contribution is 0.624. The first-order valence-corrected chi connectivity index (χ1v) is 6.26. The van der Waals surface area contributed by atoms with Crippen LogP contribution in [0.25, 0.3) is 33.2 Å². The number of fused-ring (bicyclic) bond motifs is 2. The molecule has 4 nitrogen and oxygen atoms in total. The molecule has 4 rings (SSSR count). The minimum Gasteiger partial charge on any atom is -0.346 e. The van der Waals surface area contributed by atoms with Gasteiger partial charge in [0, 0.05) is 24.2 Å². The number of nitrogens with one attached hydrogen (secondary N) is 1. The van der Waals surface area contributed by atoms with E-state index >= 15 is 0 Å². The molecule has 0 aliphatic carbocycles. The fourth-order valence-electron chi connectivity index (χ4n) is 2.51. The number of nitrogens with zero attached hydrogens (tertiary/aromatic N) is 3. The van der Waals surface area contributed by atoms with Gasteiger partial charge < -0.3 is 9.55 Å². The van der Waals surface area contributed by atoms with Crippen LogP contribution in [0, 0.1) is 5.82 Å². The van der Waals surface area contributed by atoms with E-state index in [1.807, 2.05) is 29.9 Å². The molecule has 98 valence electrons. The van der Waals surface area contributed by atoms with Crippen molar-refractivity contribution in [1.29, 1.82) is 0 Å². The highest BCUT2D eigenvalue weighted by atomic mass is 19.1. The first kappa shape index (κ1) is 11.2. The SMILES string of the molecule is Cn1cnc2ccc(-c3c[nH]c4ncc(F)cc34)cc21. The molecule has 3 heterocycles. The maximum atomic E-state index is 13.4. The van der Waals surface area contributed by atoms with Crippen molar-refractivity contribution in [1.82, 2.24) is 19.5 Å². The summed E-state index contributed by atoms with van der Waals surface area (Å²) in [6.07, 6.45) is 4.85. The van der Waals surface area contributed by atoms with Gasteiger partial charge in [0.2, 0.25) is 0 Å². The van der Waals surface area contributed by atoms with Crippen LogP contribution in [0.2, 0.25) is 0 Å². The van der Waals surface area contributed by atoms with E-state index in [2.05, 4.69) is 21.0 Å². The predicted molar refractivity (Wildman–Crippen MR) is 75.8 cm³/mol. The van der Waals surface area contributed by atoms with Crippen LogP contribution in [0.5, 0.6) is 0 Å². The Kier molecular flexibility index (Phi) is 2.18. The van der Waals surface area contributed by atoms with E-state index in [-0.39, 0.29) is 5.82 Å². The maximum absolute atomic E-state index is 13.4. The molecule has 0 bridgehead atoms. The second-order valence-electron chi connectivity index (χ2n) is 4.81. The molecule has 0 fully saturated rings. The Morgan fingerprint density at radius 2 is 2.10 bits per heavy atom. The second-order valence-corrected chi connectivity index (χ2v) is 4.81. The van der Waals surface area contributed by atoms with Crippen LogP contribution in [-0.4, -0.2) is 19.5 Å². The molecule has 20 heavy (non-hydrogen) atoms. The van der Waals surface area contributed by atoms with Crippen LogP contribution in [0.1, 0.15) is 0 Å². The van der Waals surface area contributed by atoms with E-state index in [1.165, 1.54) is 12.3 Å². The van der Waals surface area contributed by atoms with Gasteiger partial charge in [0.05, 0.1) is 23.6 Å². The van der Waals surface area contributed by atoms with Crippen molar-refractivity contribution in [2.45, 2.75) is 0 Å². The van der Waals surface area contributed by atoms with Crippen molar-refractivity contribution in [2.24, 2.45) is 7.05 Å². The molecule has 0 atom stereocenters. The lowest BCUT2D eigenvalue weighted by Crippen LogP contribution is -1.85. The molecule has 0 aliphatic rings. The largest absolute Gasteiger partial charge is 0.346 e. The third-order valence-electron chi connectivity index (χ3n) is 3.53. The molecule has 0 saturated carbocycles. The van der Waals surface area contributed by atoms with Crippen LogP contribution in [-0.2, 0) is 7.05 Å². The zero-order chi connectivity index (χ0) is 13.7. The number of aromatic amines is 1. The summed E-state index contributed by atoms with van der Waals surface area (Å²) in [7, 11) is 1.95. The van der Waals surface area contributed by atoms with E-state index in [9.17, 15) is 4.39 Å². The van der Waals surface area contributed by atoms with Crippen LogP contribution < -0.4 is 0 Å². The molecular weight excluding hydrogens is 255 g/mol. The van der Waals surface area contributed by atoms with Crippen molar-refractivity contribution in [2.75, 3.05) is 0 Å². The Hall–Kier alpha value is -2.69. The first-order chi connectivity index (χ1) is 9.72. The topological polar surface area (TPSA) is 46.5 Å². The van der Waals surface area contributed by atoms with Gasteiger partial charge in [0.15, 0.2) is 0 Å². The van der Waals surface area contributed by atoms with E-state index in [1.54, 1.807) is 6.33 Å². The van der Waals surface area contributed by atoms with Gasteiger partial charge in [0.1, 0.15) is 11.5 Å². The number of halogens is 1. The summed E-state index contributed by atoms with van der Waals surface area (Å²) in [6.45, 7) is 0. The van der Waals surface area contributed by atoms with E-state index in [0.29, 0.717) is 5.65 Å². The lowest BCUT2D eigenvalue weighted by atomic mass is 10.1. The molecule has 0 unspecified atom stereocenters. The molecule has 0 saturated heterocycles. The Labute approximate surface area is 113 Å². The molecule has 1 N–H and O–H groups in total. The zero-order valence-corrected chi connectivity index (χ0v) is 10.8. The van der Waals surface area contributed by atoms with Crippen LogP contribution in [0.15, 0.2) is 43.0 Å². The number of pyridine rings is 1. The third kappa shape index (κ3) is 1.53. The molecule has 0 amide bonds. The highest BCUT2D eigenvalue weighted by molar-refractivity contribution is 5.95. The van der Waals surface area contributed by atoms with Crippen LogP contribution in [0.4, 0.5) is 4.39 Å². The van der Waals surface area contributed by atoms with Gasteiger partial charge in [0.25, 0.3) is 0 Å². The number of H-pyrrole nitrogens is 1. The van der Waals surface area contributed by atoms with Gasteiger partial charge in [-0.3, -0.25) is 0 Å². The summed E-state index contributed by atoms with van der Waals surface area (Å²) in [5.74, 6) is -0.333. The Balaban J connectivity index is 2.00. The first-order valence-electron chi connectivity index (χ1n) is 6.26. The second kappa shape index (κ2) is 3.90. The number of rotatable bonds is 1. The number of aryl methyl sites for hydroxylation is 1. The summed E-state index contributed by atoms with van der Waals surface area (Å²) in [6, 6.07) is 7.51. The number of hydrogen-bond donors (Lipinski definition) is 1. The van der Waals surface area contributed by atoms with Gasteiger partial charge >= 0.3 is 0 Å². The quantitative estimate of drug-likeness (QED) is 0.575. The van der Waals surface area contributed by atoms with E-state index in [0.717, 1.165) is 27.5 Å². The molecule has 0 spiro atoms. The Bertz CT molecular complexity index is 936. The summed E-state index contributed by atoms with van der Waals surface area (Å²) in [5, 5.41) is 0.784. The molecule has 3 aromatic heterocycles. The van der Waals surface area contributed by atoms with Gasteiger partial charge in [-0.25, -0.2) is 14.4 Å². The average Bonchev–Trinajstić information content (AvgIpc) is 3.02. The van der Waals surface area contributed by atoms with Crippen molar-refractivity contribution >= 4 is 22.1 Å². The van der Waals surface area contributed by atoms with E-state index in [4.69, 9.17) is 0 Å². The average molecular weight is 266 g/mol. The maximum Gasteiger partial charge on any atom is 0.142 e.